The van der Waals surface area contributed by atoms with Gasteiger partial charge in [0.1, 0.15) is 0 Å². The zero-order valence-electron chi connectivity index (χ0n) is 26.7. The average molecular weight is 642 g/mol. The molecule has 10 nitrogen and oxygen atoms in total. The van der Waals surface area contributed by atoms with E-state index in [1.54, 1.807) is 17.7 Å². The van der Waals surface area contributed by atoms with Crippen LogP contribution in [0.3, 0.4) is 0 Å². The van der Waals surface area contributed by atoms with E-state index < -0.39 is 0 Å². The Balaban J connectivity index is 1.23. The molecule has 1 saturated heterocycles. The van der Waals surface area contributed by atoms with Crippen LogP contribution in [0, 0.1) is 6.92 Å². The summed E-state index contributed by atoms with van der Waals surface area (Å²) in [7, 11) is 5.67. The van der Waals surface area contributed by atoms with Gasteiger partial charge in [-0.25, -0.2) is 4.98 Å². The van der Waals surface area contributed by atoms with E-state index in [2.05, 4.69) is 32.0 Å². The number of benzene rings is 2. The van der Waals surface area contributed by atoms with Gasteiger partial charge >= 0.3 is 0 Å². The lowest BCUT2D eigenvalue weighted by Gasteiger charge is -2.21. The lowest BCUT2D eigenvalue weighted by Crippen LogP contribution is -2.27. The van der Waals surface area contributed by atoms with Crippen LogP contribution in [0.2, 0.25) is 5.02 Å². The average Bonchev–Trinajstić information content (AvgIpc) is 3.58. The molecule has 2 aliphatic rings. The molecule has 0 aliphatic carbocycles. The maximum absolute atomic E-state index is 13.4. The third-order valence-corrected chi connectivity index (χ3v) is 9.43. The van der Waals surface area contributed by atoms with Crippen molar-refractivity contribution in [2.45, 2.75) is 39.0 Å². The molecule has 6 rings (SSSR count). The number of fused-ring (bicyclic) bond motifs is 1. The van der Waals surface area contributed by atoms with E-state index in [1.807, 2.05) is 68.2 Å². The summed E-state index contributed by atoms with van der Waals surface area (Å²) in [4.78, 5) is 35.5. The molecule has 1 atom stereocenters. The molecule has 3 N–H and O–H groups in total. The van der Waals surface area contributed by atoms with E-state index in [0.717, 1.165) is 65.3 Å². The largest absolute Gasteiger partial charge is 0.392 e. The van der Waals surface area contributed by atoms with Gasteiger partial charge in [-0.05, 0) is 55.3 Å². The van der Waals surface area contributed by atoms with Crippen LogP contribution in [0.15, 0.2) is 60.0 Å². The minimum Gasteiger partial charge on any atom is -0.392 e. The Morgan fingerprint density at radius 1 is 1.09 bits per heavy atom. The molecule has 46 heavy (non-hydrogen) atoms. The smallest absolute Gasteiger partial charge is 0.291 e. The number of carbonyl (C=O) groups excluding carboxylic acids is 1. The van der Waals surface area contributed by atoms with Gasteiger partial charge in [0.25, 0.3) is 11.5 Å². The van der Waals surface area contributed by atoms with Crippen LogP contribution in [-0.4, -0.2) is 67.7 Å². The van der Waals surface area contributed by atoms with Crippen LogP contribution in [-0.2, 0) is 33.6 Å². The number of rotatable bonds is 8. The van der Waals surface area contributed by atoms with Gasteiger partial charge in [0.15, 0.2) is 5.82 Å². The molecule has 2 aliphatic heterocycles. The monoisotopic (exact) mass is 641 g/mol. The predicted octanol–water partition coefficient (Wildman–Crippen LogP) is 4.64. The number of aliphatic hydroxyl groups is 1. The first-order valence-corrected chi connectivity index (χ1v) is 15.9. The summed E-state index contributed by atoms with van der Waals surface area (Å²) in [5, 5.41) is 16.7. The number of anilines is 2. The first kappa shape index (κ1) is 31.7. The molecular formula is C35H40ClN7O3. The Bertz CT molecular complexity index is 1900. The predicted molar refractivity (Wildman–Crippen MR) is 183 cm³/mol. The number of pyridine rings is 1. The van der Waals surface area contributed by atoms with Crippen molar-refractivity contribution in [3.63, 3.8) is 0 Å². The Morgan fingerprint density at radius 2 is 1.83 bits per heavy atom. The van der Waals surface area contributed by atoms with Gasteiger partial charge in [-0.1, -0.05) is 42.4 Å². The standard InChI is InChI=1S/C35H40ClN7O3/c1-21-25(26-9-7-11-29(32(26)36)39-34(45)33-38-30-20-40(3)14-13-31(30)42(33)5)8-6-10-28(21)37-22(2)27-16-23(17-41(4)35(27)46)18-43-15-12-24(44)19-43/h6-11,16-17,24,37,44H,2,12-15,18-20H2,1,3-5H3,(H,39,45). The first-order chi connectivity index (χ1) is 22.0. The SMILES string of the molecule is C=C(Nc1cccc(-c2cccc(NC(=O)c3nc4c(n3C)CCN(C)C4)c2Cl)c1C)c1cc(CN2CCC(O)C2)cn(C)c1=O. The number of aromatic nitrogens is 3. The van der Waals surface area contributed by atoms with Crippen molar-refractivity contribution in [1.29, 1.82) is 0 Å². The topological polar surface area (TPSA) is 108 Å². The summed E-state index contributed by atoms with van der Waals surface area (Å²) in [6.07, 6.45) is 3.13. The molecule has 0 bridgehead atoms. The number of carbonyl (C=O) groups is 1. The number of β-amino-alcohol motifs (C(OH)–C–C–N with tert-alkyl or cyclic N) is 1. The highest BCUT2D eigenvalue weighted by Crippen LogP contribution is 2.38. The highest BCUT2D eigenvalue weighted by atomic mass is 35.5. The normalized spacial score (nSPS) is 16.8. The van der Waals surface area contributed by atoms with Crippen molar-refractivity contribution in [3.05, 3.63) is 105 Å². The number of aryl methyl sites for hydroxylation is 1. The van der Waals surface area contributed by atoms with Gasteiger partial charge in [-0.15, -0.1) is 0 Å². The number of imidazole rings is 1. The number of nitrogens with one attached hydrogen (secondary N) is 2. The van der Waals surface area contributed by atoms with Gasteiger partial charge in [0.05, 0.1) is 28.1 Å². The molecule has 4 aromatic rings. The van der Waals surface area contributed by atoms with Crippen LogP contribution in [0.5, 0.6) is 0 Å². The number of aliphatic hydroxyl groups excluding tert-OH is 1. The van der Waals surface area contributed by atoms with Crippen LogP contribution >= 0.6 is 11.6 Å². The number of likely N-dealkylation sites (tertiary alicyclic amines) is 1. The third-order valence-electron chi connectivity index (χ3n) is 9.02. The third kappa shape index (κ3) is 6.26. The molecule has 2 aromatic heterocycles. The second kappa shape index (κ2) is 12.9. The molecule has 4 heterocycles. The number of likely N-dealkylation sites (N-methyl/N-ethyl adjacent to an activating group) is 1. The second-order valence-corrected chi connectivity index (χ2v) is 12.8. The fourth-order valence-corrected chi connectivity index (χ4v) is 6.74. The van der Waals surface area contributed by atoms with E-state index in [1.165, 1.54) is 0 Å². The highest BCUT2D eigenvalue weighted by molar-refractivity contribution is 6.36. The van der Waals surface area contributed by atoms with Crippen molar-refractivity contribution in [2.75, 3.05) is 37.3 Å². The van der Waals surface area contributed by atoms with Crippen LogP contribution in [0.25, 0.3) is 16.8 Å². The van der Waals surface area contributed by atoms with E-state index >= 15 is 0 Å². The number of halogens is 1. The summed E-state index contributed by atoms with van der Waals surface area (Å²) in [6, 6.07) is 13.3. The van der Waals surface area contributed by atoms with Gasteiger partial charge in [-0.3, -0.25) is 14.5 Å². The molecule has 0 spiro atoms. The highest BCUT2D eigenvalue weighted by Gasteiger charge is 2.25. The molecule has 2 aromatic carbocycles. The van der Waals surface area contributed by atoms with Crippen molar-refractivity contribution in [1.82, 2.24) is 23.9 Å². The maximum Gasteiger partial charge on any atom is 0.291 e. The Hall–Kier alpha value is -4.22. The summed E-state index contributed by atoms with van der Waals surface area (Å²) < 4.78 is 3.45. The number of hydrogen-bond donors (Lipinski definition) is 3. The first-order valence-electron chi connectivity index (χ1n) is 15.5. The zero-order chi connectivity index (χ0) is 32.7. The molecule has 1 fully saturated rings. The van der Waals surface area contributed by atoms with Gasteiger partial charge in [0, 0.05) is 82.1 Å². The Morgan fingerprint density at radius 3 is 2.57 bits per heavy atom. The molecule has 0 radical (unpaired) electrons. The maximum atomic E-state index is 13.4. The Kier molecular flexibility index (Phi) is 8.89. The van der Waals surface area contributed by atoms with Gasteiger partial charge < -0.3 is 29.8 Å². The van der Waals surface area contributed by atoms with Crippen molar-refractivity contribution < 1.29 is 9.90 Å². The molecular weight excluding hydrogens is 602 g/mol. The molecule has 240 valence electrons. The van der Waals surface area contributed by atoms with Crippen LogP contribution < -0.4 is 16.2 Å². The number of nitrogens with zero attached hydrogens (tertiary/aromatic N) is 5. The van der Waals surface area contributed by atoms with Crippen LogP contribution in [0.4, 0.5) is 11.4 Å². The summed E-state index contributed by atoms with van der Waals surface area (Å²) in [6.45, 7) is 9.93. The lowest BCUT2D eigenvalue weighted by atomic mass is 9.98. The van der Waals surface area contributed by atoms with Crippen molar-refractivity contribution in [2.24, 2.45) is 14.1 Å². The minimum atomic E-state index is -0.313. The van der Waals surface area contributed by atoms with Crippen molar-refractivity contribution >= 4 is 34.6 Å². The summed E-state index contributed by atoms with van der Waals surface area (Å²) >= 11 is 6.94. The molecule has 11 heteroatoms. The minimum absolute atomic E-state index is 0.149. The lowest BCUT2D eigenvalue weighted by molar-refractivity contribution is 0.101. The molecule has 0 saturated carbocycles. The van der Waals surface area contributed by atoms with Crippen LogP contribution in [0.1, 0.15) is 45.1 Å². The molecule has 1 amide bonds. The van der Waals surface area contributed by atoms with Gasteiger partial charge in [0.2, 0.25) is 0 Å². The number of amides is 1. The zero-order valence-corrected chi connectivity index (χ0v) is 27.5. The van der Waals surface area contributed by atoms with E-state index in [4.69, 9.17) is 11.6 Å². The quantitative estimate of drug-likeness (QED) is 0.257. The van der Waals surface area contributed by atoms with Gasteiger partial charge in [-0.2, -0.15) is 0 Å². The Labute approximate surface area is 273 Å². The summed E-state index contributed by atoms with van der Waals surface area (Å²) in [5.41, 5.74) is 7.64. The summed E-state index contributed by atoms with van der Waals surface area (Å²) in [5.74, 6) is 0.0441. The van der Waals surface area contributed by atoms with E-state index in [-0.39, 0.29) is 17.6 Å². The molecule has 1 unspecified atom stereocenters. The second-order valence-electron chi connectivity index (χ2n) is 12.4. The fourth-order valence-electron chi connectivity index (χ4n) is 6.47. The van der Waals surface area contributed by atoms with E-state index in [0.29, 0.717) is 47.4 Å². The van der Waals surface area contributed by atoms with E-state index in [9.17, 15) is 14.7 Å². The van der Waals surface area contributed by atoms with Crippen molar-refractivity contribution in [3.8, 4) is 11.1 Å². The fraction of sp³-hybridized carbons (Fsp3) is 0.343. The number of hydrogen-bond acceptors (Lipinski definition) is 7.